The Kier molecular flexibility index (Phi) is 4.11. The summed E-state index contributed by atoms with van der Waals surface area (Å²) in [6.45, 7) is 9.89. The monoisotopic (exact) mass is 241 g/mol. The number of rotatable bonds is 0. The summed E-state index contributed by atoms with van der Waals surface area (Å²) in [6, 6.07) is 0. The van der Waals surface area contributed by atoms with Gasteiger partial charge in [0.2, 0.25) is 0 Å². The third kappa shape index (κ3) is 3.36. The third-order valence-corrected chi connectivity index (χ3v) is 3.64. The number of hydrogen-bond acceptors (Lipinski definition) is 2. The van der Waals surface area contributed by atoms with Gasteiger partial charge in [0.15, 0.2) is 0 Å². The van der Waals surface area contributed by atoms with Crippen molar-refractivity contribution >= 4 is 6.09 Å². The molecule has 17 heavy (non-hydrogen) atoms. The fraction of sp³-hybridized carbons (Fsp3) is 0.929. The highest BCUT2D eigenvalue weighted by Gasteiger charge is 2.41. The molecular formula is C14H27NO2. The van der Waals surface area contributed by atoms with Crippen LogP contribution < -0.4 is 0 Å². The lowest BCUT2D eigenvalue weighted by atomic mass is 10.0. The second-order valence-electron chi connectivity index (χ2n) is 6.48. The molecule has 0 spiro atoms. The maximum absolute atomic E-state index is 11.9. The van der Waals surface area contributed by atoms with Crippen molar-refractivity contribution < 1.29 is 9.53 Å². The molecule has 1 aliphatic carbocycles. The van der Waals surface area contributed by atoms with E-state index in [0.717, 1.165) is 30.8 Å². The van der Waals surface area contributed by atoms with Crippen molar-refractivity contribution in [2.45, 2.75) is 53.6 Å². The summed E-state index contributed by atoms with van der Waals surface area (Å²) in [7, 11) is 0. The predicted molar refractivity (Wildman–Crippen MR) is 69.9 cm³/mol. The summed E-state index contributed by atoms with van der Waals surface area (Å²) < 4.78 is 5.40. The number of ether oxygens (including phenoxy) is 1. The van der Waals surface area contributed by atoms with E-state index in [1.165, 1.54) is 12.8 Å². The molecule has 0 aromatic rings. The lowest BCUT2D eigenvalue weighted by molar-refractivity contribution is 0.0278. The van der Waals surface area contributed by atoms with Gasteiger partial charge in [0, 0.05) is 13.1 Å². The fourth-order valence-electron chi connectivity index (χ4n) is 3.08. The minimum atomic E-state index is -0.373. The summed E-state index contributed by atoms with van der Waals surface area (Å²) in [5.41, 5.74) is -0.373. The molecule has 0 bridgehead atoms. The summed E-state index contributed by atoms with van der Waals surface area (Å²) >= 11 is 0. The number of carbonyl (C=O) groups is 1. The van der Waals surface area contributed by atoms with Crippen LogP contribution in [0.3, 0.4) is 0 Å². The molecule has 2 fully saturated rings. The molecule has 2 atom stereocenters. The van der Waals surface area contributed by atoms with Crippen LogP contribution in [0, 0.1) is 17.8 Å². The minimum Gasteiger partial charge on any atom is -0.444 e. The van der Waals surface area contributed by atoms with Crippen molar-refractivity contribution in [1.82, 2.24) is 4.90 Å². The van der Waals surface area contributed by atoms with Gasteiger partial charge < -0.3 is 9.64 Å². The Balaban J connectivity index is 0.00000144. The summed E-state index contributed by atoms with van der Waals surface area (Å²) in [5.74, 6) is 2.29. The Morgan fingerprint density at radius 3 is 2.06 bits per heavy atom. The van der Waals surface area contributed by atoms with E-state index in [0.29, 0.717) is 0 Å². The molecule has 1 saturated carbocycles. The summed E-state index contributed by atoms with van der Waals surface area (Å²) in [5, 5.41) is 0. The van der Waals surface area contributed by atoms with Gasteiger partial charge in [-0.15, -0.1) is 0 Å². The van der Waals surface area contributed by atoms with Gasteiger partial charge in [0.05, 0.1) is 0 Å². The predicted octanol–water partition coefficient (Wildman–Crippen LogP) is 3.54. The van der Waals surface area contributed by atoms with Gasteiger partial charge in [0.25, 0.3) is 0 Å². The van der Waals surface area contributed by atoms with Gasteiger partial charge in [-0.25, -0.2) is 4.79 Å². The Labute approximate surface area is 106 Å². The first-order chi connectivity index (χ1) is 7.35. The SMILES string of the molecule is C.CC1CC2CN(C(=O)OC(C)(C)C)CC2C1. The molecule has 3 heteroatoms. The van der Waals surface area contributed by atoms with E-state index < -0.39 is 0 Å². The summed E-state index contributed by atoms with van der Waals surface area (Å²) in [4.78, 5) is 13.8. The first-order valence-corrected chi connectivity index (χ1v) is 6.33. The third-order valence-electron chi connectivity index (χ3n) is 3.64. The minimum absolute atomic E-state index is 0. The molecule has 0 N–H and O–H groups in total. The Morgan fingerprint density at radius 2 is 1.65 bits per heavy atom. The van der Waals surface area contributed by atoms with Crippen molar-refractivity contribution in [3.63, 3.8) is 0 Å². The molecule has 1 saturated heterocycles. The fourth-order valence-corrected chi connectivity index (χ4v) is 3.08. The molecule has 1 amide bonds. The van der Waals surface area contributed by atoms with Gasteiger partial charge in [-0.3, -0.25) is 0 Å². The van der Waals surface area contributed by atoms with E-state index in [1.54, 1.807) is 0 Å². The molecule has 0 aromatic heterocycles. The van der Waals surface area contributed by atoms with Crippen LogP contribution in [0.5, 0.6) is 0 Å². The number of fused-ring (bicyclic) bond motifs is 1. The van der Waals surface area contributed by atoms with Gasteiger partial charge in [-0.1, -0.05) is 14.4 Å². The van der Waals surface area contributed by atoms with Crippen molar-refractivity contribution in [2.75, 3.05) is 13.1 Å². The molecule has 2 aliphatic rings. The number of nitrogens with zero attached hydrogens (tertiary/aromatic N) is 1. The second kappa shape index (κ2) is 4.87. The first-order valence-electron chi connectivity index (χ1n) is 6.33. The van der Waals surface area contributed by atoms with Crippen LogP contribution in [0.25, 0.3) is 0 Å². The van der Waals surface area contributed by atoms with Crippen molar-refractivity contribution in [2.24, 2.45) is 17.8 Å². The average Bonchev–Trinajstić information content (AvgIpc) is 2.56. The standard InChI is InChI=1S/C13H23NO2.CH4/c1-9-5-10-7-14(8-11(10)6-9)12(15)16-13(2,3)4;/h9-11H,5-8H2,1-4H3;1H4. The van der Waals surface area contributed by atoms with Crippen LogP contribution in [0.1, 0.15) is 48.0 Å². The quantitative estimate of drug-likeness (QED) is 0.649. The largest absolute Gasteiger partial charge is 0.444 e. The lowest BCUT2D eigenvalue weighted by Gasteiger charge is -2.25. The summed E-state index contributed by atoms with van der Waals surface area (Å²) in [6.07, 6.45) is 2.43. The maximum atomic E-state index is 11.9. The smallest absolute Gasteiger partial charge is 0.410 e. The molecule has 1 aliphatic heterocycles. The zero-order valence-electron chi connectivity index (χ0n) is 10.8. The van der Waals surface area contributed by atoms with Crippen LogP contribution in [-0.2, 0) is 4.74 Å². The average molecular weight is 241 g/mol. The highest BCUT2D eigenvalue weighted by Crippen LogP contribution is 2.41. The molecule has 0 radical (unpaired) electrons. The van der Waals surface area contributed by atoms with Crippen molar-refractivity contribution in [3.05, 3.63) is 0 Å². The zero-order chi connectivity index (χ0) is 11.9. The maximum Gasteiger partial charge on any atom is 0.410 e. The van der Waals surface area contributed by atoms with E-state index in [9.17, 15) is 4.79 Å². The number of hydrogen-bond donors (Lipinski definition) is 0. The number of likely N-dealkylation sites (tertiary alicyclic amines) is 1. The molecule has 1 heterocycles. The van der Waals surface area contributed by atoms with Gasteiger partial charge in [0.1, 0.15) is 5.60 Å². The molecule has 3 nitrogen and oxygen atoms in total. The van der Waals surface area contributed by atoms with Crippen LogP contribution in [-0.4, -0.2) is 29.7 Å². The highest BCUT2D eigenvalue weighted by atomic mass is 16.6. The van der Waals surface area contributed by atoms with Crippen molar-refractivity contribution in [1.29, 1.82) is 0 Å². The van der Waals surface area contributed by atoms with Crippen LogP contribution in [0.4, 0.5) is 4.79 Å². The Hall–Kier alpha value is -0.730. The van der Waals surface area contributed by atoms with E-state index in [4.69, 9.17) is 4.74 Å². The van der Waals surface area contributed by atoms with E-state index in [1.807, 2.05) is 25.7 Å². The van der Waals surface area contributed by atoms with Gasteiger partial charge in [-0.05, 0) is 51.4 Å². The van der Waals surface area contributed by atoms with Crippen molar-refractivity contribution in [3.8, 4) is 0 Å². The molecule has 0 aromatic carbocycles. The Morgan fingerprint density at radius 1 is 1.18 bits per heavy atom. The van der Waals surface area contributed by atoms with Crippen LogP contribution in [0.2, 0.25) is 0 Å². The van der Waals surface area contributed by atoms with Crippen LogP contribution >= 0.6 is 0 Å². The number of amides is 1. The Bertz CT molecular complexity index is 268. The first kappa shape index (κ1) is 14.3. The van der Waals surface area contributed by atoms with Gasteiger partial charge in [-0.2, -0.15) is 0 Å². The topological polar surface area (TPSA) is 29.5 Å². The van der Waals surface area contributed by atoms with E-state index in [2.05, 4.69) is 6.92 Å². The normalized spacial score (nSPS) is 32.0. The highest BCUT2D eigenvalue weighted by molar-refractivity contribution is 5.68. The lowest BCUT2D eigenvalue weighted by Crippen LogP contribution is -2.36. The number of carbonyl (C=O) groups excluding carboxylic acids is 1. The molecular weight excluding hydrogens is 214 g/mol. The van der Waals surface area contributed by atoms with Crippen LogP contribution in [0.15, 0.2) is 0 Å². The zero-order valence-corrected chi connectivity index (χ0v) is 10.8. The molecule has 2 unspecified atom stereocenters. The van der Waals surface area contributed by atoms with Gasteiger partial charge >= 0.3 is 6.09 Å². The van der Waals surface area contributed by atoms with E-state index >= 15 is 0 Å². The molecule has 100 valence electrons. The van der Waals surface area contributed by atoms with E-state index in [-0.39, 0.29) is 19.1 Å². The second-order valence-corrected chi connectivity index (χ2v) is 6.48. The molecule has 2 rings (SSSR count).